The minimum Gasteiger partial charge on any atom is -0.379 e. The number of hydrogen-bond acceptors (Lipinski definition) is 4. The molecule has 1 amide bonds. The first-order valence-electron chi connectivity index (χ1n) is 7.65. The Bertz CT molecular complexity index is 723. The first kappa shape index (κ1) is 15.3. The Morgan fingerprint density at radius 3 is 2.87 bits per heavy atom. The third-order valence-corrected chi connectivity index (χ3v) is 4.01. The molecular formula is C17H20N4O2. The molecule has 0 bridgehead atoms. The third kappa shape index (κ3) is 3.26. The number of amides is 1. The van der Waals surface area contributed by atoms with E-state index in [0.717, 1.165) is 17.1 Å². The molecule has 0 unspecified atom stereocenters. The highest BCUT2D eigenvalue weighted by Crippen LogP contribution is 2.26. The van der Waals surface area contributed by atoms with Crippen LogP contribution in [0.1, 0.15) is 24.7 Å². The molecule has 1 aliphatic heterocycles. The molecule has 0 saturated heterocycles. The van der Waals surface area contributed by atoms with Crippen LogP contribution in [0.2, 0.25) is 0 Å². The molecule has 6 nitrogen and oxygen atoms in total. The number of hydrogen-bond donors (Lipinski definition) is 1. The van der Waals surface area contributed by atoms with E-state index in [-0.39, 0.29) is 5.91 Å². The van der Waals surface area contributed by atoms with Crippen molar-refractivity contribution in [3.8, 4) is 0 Å². The van der Waals surface area contributed by atoms with Gasteiger partial charge < -0.3 is 14.7 Å². The van der Waals surface area contributed by atoms with Crippen LogP contribution in [0.5, 0.6) is 0 Å². The van der Waals surface area contributed by atoms with E-state index in [0.29, 0.717) is 19.5 Å². The van der Waals surface area contributed by atoms with Gasteiger partial charge in [0.15, 0.2) is 0 Å². The summed E-state index contributed by atoms with van der Waals surface area (Å²) < 4.78 is 1.99. The smallest absolute Gasteiger partial charge is 0.267 e. The normalized spacial score (nSPS) is 20.0. The summed E-state index contributed by atoms with van der Waals surface area (Å²) in [6.45, 7) is 4.91. The van der Waals surface area contributed by atoms with Crippen molar-refractivity contribution in [2.24, 2.45) is 5.16 Å². The fourth-order valence-electron chi connectivity index (χ4n) is 2.56. The van der Waals surface area contributed by atoms with Crippen LogP contribution in [0.3, 0.4) is 0 Å². The van der Waals surface area contributed by atoms with E-state index in [4.69, 9.17) is 4.84 Å². The van der Waals surface area contributed by atoms with Crippen LogP contribution >= 0.6 is 0 Å². The highest BCUT2D eigenvalue weighted by molar-refractivity contribution is 6.05. The zero-order chi connectivity index (χ0) is 16.3. The number of carbonyl (C=O) groups is 1. The van der Waals surface area contributed by atoms with Crippen molar-refractivity contribution in [2.75, 3.05) is 6.54 Å². The van der Waals surface area contributed by atoms with Crippen LogP contribution in [0.25, 0.3) is 0 Å². The summed E-state index contributed by atoms with van der Waals surface area (Å²) in [6, 6.07) is 9.77. The molecule has 1 N–H and O–H groups in total. The van der Waals surface area contributed by atoms with Gasteiger partial charge in [0, 0.05) is 31.9 Å². The summed E-state index contributed by atoms with van der Waals surface area (Å²) >= 11 is 0. The molecule has 6 heteroatoms. The lowest BCUT2D eigenvalue weighted by atomic mass is 9.95. The van der Waals surface area contributed by atoms with Gasteiger partial charge >= 0.3 is 0 Å². The van der Waals surface area contributed by atoms with Gasteiger partial charge in [0.2, 0.25) is 5.60 Å². The largest absolute Gasteiger partial charge is 0.379 e. The van der Waals surface area contributed by atoms with Gasteiger partial charge in [0.25, 0.3) is 5.91 Å². The zero-order valence-electron chi connectivity index (χ0n) is 13.3. The Balaban J connectivity index is 1.55. The zero-order valence-corrected chi connectivity index (χ0v) is 13.3. The highest BCUT2D eigenvalue weighted by atomic mass is 16.7. The summed E-state index contributed by atoms with van der Waals surface area (Å²) in [5.74, 6) is 0.780. The quantitative estimate of drug-likeness (QED) is 0.916. The van der Waals surface area contributed by atoms with Gasteiger partial charge in [-0.1, -0.05) is 35.5 Å². The number of nitrogens with zero attached hydrogens (tertiary/aromatic N) is 3. The number of imidazole rings is 1. The van der Waals surface area contributed by atoms with Crippen LogP contribution in [-0.4, -0.2) is 33.3 Å². The monoisotopic (exact) mass is 312 g/mol. The molecule has 0 radical (unpaired) electrons. The molecule has 2 heterocycles. The molecule has 1 aromatic carbocycles. The van der Waals surface area contributed by atoms with Crippen molar-refractivity contribution < 1.29 is 9.63 Å². The van der Waals surface area contributed by atoms with Crippen molar-refractivity contribution in [1.29, 1.82) is 0 Å². The Morgan fingerprint density at radius 2 is 2.17 bits per heavy atom. The number of rotatable bonds is 5. The van der Waals surface area contributed by atoms with E-state index < -0.39 is 5.60 Å². The molecule has 0 saturated carbocycles. The van der Waals surface area contributed by atoms with Crippen molar-refractivity contribution >= 4 is 11.6 Å². The lowest BCUT2D eigenvalue weighted by molar-refractivity contribution is -0.141. The Kier molecular flexibility index (Phi) is 4.14. The van der Waals surface area contributed by atoms with Gasteiger partial charge in [-0.25, -0.2) is 4.98 Å². The van der Waals surface area contributed by atoms with Crippen LogP contribution in [0, 0.1) is 6.92 Å². The van der Waals surface area contributed by atoms with Crippen molar-refractivity contribution in [1.82, 2.24) is 14.9 Å². The fourth-order valence-corrected chi connectivity index (χ4v) is 2.56. The SMILES string of the molecule is Cc1nccn1CCNC(=O)[C@@]1(C)CC(c2ccccc2)=NO1. The number of aromatic nitrogens is 2. The number of nitrogens with one attached hydrogen (secondary N) is 1. The Labute approximate surface area is 135 Å². The summed E-state index contributed by atoms with van der Waals surface area (Å²) in [6.07, 6.45) is 4.11. The van der Waals surface area contributed by atoms with Crippen molar-refractivity contribution in [3.05, 3.63) is 54.1 Å². The van der Waals surface area contributed by atoms with Crippen LogP contribution in [-0.2, 0) is 16.2 Å². The van der Waals surface area contributed by atoms with E-state index in [1.165, 1.54) is 0 Å². The van der Waals surface area contributed by atoms with Crippen LogP contribution in [0.15, 0.2) is 47.9 Å². The average molecular weight is 312 g/mol. The van der Waals surface area contributed by atoms with E-state index >= 15 is 0 Å². The molecule has 3 rings (SSSR count). The molecule has 0 fully saturated rings. The first-order valence-corrected chi connectivity index (χ1v) is 7.65. The maximum Gasteiger partial charge on any atom is 0.267 e. The number of oxime groups is 1. The molecule has 1 aromatic heterocycles. The van der Waals surface area contributed by atoms with Gasteiger partial charge in [0.05, 0.1) is 5.71 Å². The standard InChI is InChI=1S/C17H20N4O2/c1-13-18-8-10-21(13)11-9-19-16(22)17(2)12-15(20-23-17)14-6-4-3-5-7-14/h3-8,10H,9,11-12H2,1-2H3,(H,19,22)/t17-/m1/s1. The Hall–Kier alpha value is -2.63. The third-order valence-electron chi connectivity index (χ3n) is 4.01. The van der Waals surface area contributed by atoms with Gasteiger partial charge in [0.1, 0.15) is 5.82 Å². The van der Waals surface area contributed by atoms with Crippen LogP contribution in [0.4, 0.5) is 0 Å². The topological polar surface area (TPSA) is 68.5 Å². The van der Waals surface area contributed by atoms with E-state index in [1.54, 1.807) is 13.1 Å². The number of carbonyl (C=O) groups excluding carboxylic acids is 1. The summed E-state index contributed by atoms with van der Waals surface area (Å²) in [4.78, 5) is 22.0. The number of aryl methyl sites for hydroxylation is 1. The summed E-state index contributed by atoms with van der Waals surface area (Å²) in [7, 11) is 0. The van der Waals surface area contributed by atoms with Gasteiger partial charge in [-0.15, -0.1) is 0 Å². The van der Waals surface area contributed by atoms with Crippen LogP contribution < -0.4 is 5.32 Å². The van der Waals surface area contributed by atoms with Gasteiger partial charge in [-0.3, -0.25) is 4.79 Å². The maximum atomic E-state index is 12.4. The molecule has 23 heavy (non-hydrogen) atoms. The first-order chi connectivity index (χ1) is 11.1. The molecular weight excluding hydrogens is 292 g/mol. The van der Waals surface area contributed by atoms with Gasteiger partial charge in [-0.05, 0) is 19.4 Å². The minimum atomic E-state index is -0.949. The second kappa shape index (κ2) is 6.24. The van der Waals surface area contributed by atoms with E-state index in [9.17, 15) is 4.79 Å². The highest BCUT2D eigenvalue weighted by Gasteiger charge is 2.41. The molecule has 0 aliphatic carbocycles. The van der Waals surface area contributed by atoms with E-state index in [1.807, 2.05) is 48.0 Å². The fraction of sp³-hybridized carbons (Fsp3) is 0.353. The summed E-state index contributed by atoms with van der Waals surface area (Å²) in [5.41, 5.74) is 0.835. The lowest BCUT2D eigenvalue weighted by Crippen LogP contribution is -2.45. The van der Waals surface area contributed by atoms with Crippen molar-refractivity contribution in [2.45, 2.75) is 32.4 Å². The second-order valence-corrected chi connectivity index (χ2v) is 5.83. The van der Waals surface area contributed by atoms with Crippen molar-refractivity contribution in [3.63, 3.8) is 0 Å². The lowest BCUT2D eigenvalue weighted by Gasteiger charge is -2.20. The molecule has 1 atom stereocenters. The Morgan fingerprint density at radius 1 is 1.39 bits per heavy atom. The molecule has 120 valence electrons. The number of benzene rings is 1. The average Bonchev–Trinajstić information content (AvgIpc) is 3.16. The molecule has 0 spiro atoms. The molecule has 2 aromatic rings. The minimum absolute atomic E-state index is 0.148. The predicted octanol–water partition coefficient (Wildman–Crippen LogP) is 1.89. The summed E-state index contributed by atoms with van der Waals surface area (Å²) in [5, 5.41) is 7.01. The van der Waals surface area contributed by atoms with E-state index in [2.05, 4.69) is 15.5 Å². The van der Waals surface area contributed by atoms with Gasteiger partial charge in [-0.2, -0.15) is 0 Å². The maximum absolute atomic E-state index is 12.4. The molecule has 1 aliphatic rings. The second-order valence-electron chi connectivity index (χ2n) is 5.83. The predicted molar refractivity (Wildman–Crippen MR) is 87.1 cm³/mol.